The summed E-state index contributed by atoms with van der Waals surface area (Å²) in [4.78, 5) is 0.261. The molecule has 6 nitrogen and oxygen atoms in total. The predicted molar refractivity (Wildman–Crippen MR) is 71.6 cm³/mol. The number of morpholine rings is 1. The van der Waals surface area contributed by atoms with E-state index >= 15 is 0 Å². The van der Waals surface area contributed by atoms with E-state index in [4.69, 9.17) is 15.9 Å². The van der Waals surface area contributed by atoms with Gasteiger partial charge in [-0.2, -0.15) is 4.31 Å². The molecule has 2 rings (SSSR count). The van der Waals surface area contributed by atoms with Crippen LogP contribution in [0.4, 0.5) is 0 Å². The van der Waals surface area contributed by atoms with Crippen LogP contribution in [0.1, 0.15) is 5.56 Å². The molecule has 7 heteroatoms. The molecule has 19 heavy (non-hydrogen) atoms. The first-order valence-corrected chi connectivity index (χ1v) is 7.37. The van der Waals surface area contributed by atoms with Gasteiger partial charge in [0.15, 0.2) is 0 Å². The van der Waals surface area contributed by atoms with Gasteiger partial charge in [-0.25, -0.2) is 8.42 Å². The largest absolute Gasteiger partial charge is 0.385 e. The van der Waals surface area contributed by atoms with Crippen molar-refractivity contribution < 1.29 is 13.2 Å². The average molecular weight is 283 g/mol. The Morgan fingerprint density at radius 2 is 2.26 bits per heavy atom. The summed E-state index contributed by atoms with van der Waals surface area (Å²) >= 11 is 0. The molecule has 0 aliphatic carbocycles. The molecule has 1 aliphatic rings. The van der Waals surface area contributed by atoms with Crippen LogP contribution < -0.4 is 5.73 Å². The van der Waals surface area contributed by atoms with Crippen LogP contribution in [0, 0.1) is 12.3 Å². The van der Waals surface area contributed by atoms with Gasteiger partial charge < -0.3 is 10.5 Å². The van der Waals surface area contributed by atoms with Crippen molar-refractivity contribution in [2.75, 3.05) is 19.7 Å². The number of hydrogen-bond acceptors (Lipinski definition) is 4. The van der Waals surface area contributed by atoms with E-state index in [0.29, 0.717) is 0 Å². The molecule has 0 radical (unpaired) electrons. The Kier molecular flexibility index (Phi) is 3.88. The highest BCUT2D eigenvalue weighted by molar-refractivity contribution is 7.89. The Bertz CT molecular complexity index is 586. The molecule has 104 valence electrons. The number of ether oxygens (including phenoxy) is 1. The number of sulfonamides is 1. The summed E-state index contributed by atoms with van der Waals surface area (Å²) in [5.41, 5.74) is 6.26. The van der Waals surface area contributed by atoms with E-state index < -0.39 is 16.1 Å². The number of nitrogens with zero attached hydrogens (tertiary/aromatic N) is 1. The Morgan fingerprint density at radius 1 is 1.53 bits per heavy atom. The lowest BCUT2D eigenvalue weighted by atomic mass is 10.2. The van der Waals surface area contributed by atoms with Crippen LogP contribution in [0.3, 0.4) is 0 Å². The third-order valence-corrected chi connectivity index (χ3v) is 4.86. The van der Waals surface area contributed by atoms with E-state index in [-0.39, 0.29) is 30.4 Å². The standard InChI is InChI=1S/C12H17N3O3S/c1-9-3-2-4-10(7-9)19(16,17)15-5-6-18-11(8-15)12(13)14/h2-4,7,11H,5-6,8H2,1H3,(H3,13,14). The molecule has 1 unspecified atom stereocenters. The molecule has 0 amide bonds. The van der Waals surface area contributed by atoms with E-state index in [9.17, 15) is 8.42 Å². The Morgan fingerprint density at radius 3 is 2.89 bits per heavy atom. The van der Waals surface area contributed by atoms with Gasteiger partial charge in [-0.3, -0.25) is 5.41 Å². The molecule has 3 N–H and O–H groups in total. The zero-order valence-corrected chi connectivity index (χ0v) is 11.5. The van der Waals surface area contributed by atoms with Crippen LogP contribution >= 0.6 is 0 Å². The average Bonchev–Trinajstić information content (AvgIpc) is 2.39. The Balaban J connectivity index is 2.27. The molecule has 1 atom stereocenters. The highest BCUT2D eigenvalue weighted by Gasteiger charge is 2.31. The van der Waals surface area contributed by atoms with Crippen LogP contribution in [-0.4, -0.2) is 44.4 Å². The lowest BCUT2D eigenvalue weighted by molar-refractivity contribution is 0.0368. The quantitative estimate of drug-likeness (QED) is 0.617. The first kappa shape index (κ1) is 14.0. The van der Waals surface area contributed by atoms with Crippen molar-refractivity contribution in [2.24, 2.45) is 5.73 Å². The van der Waals surface area contributed by atoms with E-state index in [1.54, 1.807) is 18.2 Å². The summed E-state index contributed by atoms with van der Waals surface area (Å²) in [5, 5.41) is 7.35. The monoisotopic (exact) mass is 283 g/mol. The van der Waals surface area contributed by atoms with Gasteiger partial charge in [-0.15, -0.1) is 0 Å². The Hall–Kier alpha value is -1.44. The summed E-state index contributed by atoms with van der Waals surface area (Å²) in [5.74, 6) is -0.149. The lowest BCUT2D eigenvalue weighted by Crippen LogP contribution is -2.50. The molecular formula is C12H17N3O3S. The first-order chi connectivity index (χ1) is 8.91. The molecule has 0 aromatic heterocycles. The number of nitrogens with one attached hydrogen (secondary N) is 1. The van der Waals surface area contributed by atoms with E-state index in [0.717, 1.165) is 5.56 Å². The minimum Gasteiger partial charge on any atom is -0.385 e. The van der Waals surface area contributed by atoms with Crippen molar-refractivity contribution in [3.05, 3.63) is 29.8 Å². The van der Waals surface area contributed by atoms with Gasteiger partial charge in [0.2, 0.25) is 10.0 Å². The normalized spacial score (nSPS) is 21.2. The number of amidine groups is 1. The smallest absolute Gasteiger partial charge is 0.243 e. The van der Waals surface area contributed by atoms with Crippen molar-refractivity contribution in [2.45, 2.75) is 17.9 Å². The highest BCUT2D eigenvalue weighted by Crippen LogP contribution is 2.19. The van der Waals surface area contributed by atoms with Gasteiger partial charge in [0.25, 0.3) is 0 Å². The topological polar surface area (TPSA) is 96.5 Å². The summed E-state index contributed by atoms with van der Waals surface area (Å²) < 4.78 is 31.5. The van der Waals surface area contributed by atoms with E-state index in [1.165, 1.54) is 4.31 Å². The number of benzene rings is 1. The first-order valence-electron chi connectivity index (χ1n) is 5.93. The fourth-order valence-electron chi connectivity index (χ4n) is 1.96. The van der Waals surface area contributed by atoms with Gasteiger partial charge in [0.1, 0.15) is 11.9 Å². The van der Waals surface area contributed by atoms with E-state index in [2.05, 4.69) is 0 Å². The molecule has 1 fully saturated rings. The van der Waals surface area contributed by atoms with Crippen LogP contribution in [0.15, 0.2) is 29.2 Å². The van der Waals surface area contributed by atoms with Gasteiger partial charge in [0, 0.05) is 13.1 Å². The fraction of sp³-hybridized carbons (Fsp3) is 0.417. The van der Waals surface area contributed by atoms with Crippen LogP contribution in [-0.2, 0) is 14.8 Å². The Labute approximate surface area is 112 Å². The van der Waals surface area contributed by atoms with Crippen molar-refractivity contribution in [1.29, 1.82) is 5.41 Å². The third kappa shape index (κ3) is 2.94. The van der Waals surface area contributed by atoms with Gasteiger partial charge in [-0.05, 0) is 24.6 Å². The second-order valence-electron chi connectivity index (χ2n) is 4.49. The fourth-order valence-corrected chi connectivity index (χ4v) is 3.49. The van der Waals surface area contributed by atoms with Crippen LogP contribution in [0.2, 0.25) is 0 Å². The van der Waals surface area contributed by atoms with E-state index in [1.807, 2.05) is 13.0 Å². The van der Waals surface area contributed by atoms with Crippen LogP contribution in [0.25, 0.3) is 0 Å². The summed E-state index contributed by atoms with van der Waals surface area (Å²) in [6, 6.07) is 6.76. The van der Waals surface area contributed by atoms with Gasteiger partial charge in [-0.1, -0.05) is 12.1 Å². The summed E-state index contributed by atoms with van der Waals surface area (Å²) in [6.45, 7) is 2.46. The molecule has 1 aromatic rings. The highest BCUT2D eigenvalue weighted by atomic mass is 32.2. The number of rotatable bonds is 3. The lowest BCUT2D eigenvalue weighted by Gasteiger charge is -2.31. The molecule has 0 spiro atoms. The SMILES string of the molecule is Cc1cccc(S(=O)(=O)N2CCOC(C(=N)N)C2)c1. The number of nitrogens with two attached hydrogens (primary N) is 1. The minimum atomic E-state index is -3.55. The second kappa shape index (κ2) is 5.28. The molecule has 0 saturated carbocycles. The molecule has 1 aliphatic heterocycles. The van der Waals surface area contributed by atoms with Crippen molar-refractivity contribution in [1.82, 2.24) is 4.31 Å². The maximum atomic E-state index is 12.5. The second-order valence-corrected chi connectivity index (χ2v) is 6.43. The van der Waals surface area contributed by atoms with Crippen molar-refractivity contribution in [3.8, 4) is 0 Å². The van der Waals surface area contributed by atoms with Crippen molar-refractivity contribution >= 4 is 15.9 Å². The summed E-state index contributed by atoms with van der Waals surface area (Å²) in [7, 11) is -3.55. The third-order valence-electron chi connectivity index (χ3n) is 3.00. The van der Waals surface area contributed by atoms with Crippen molar-refractivity contribution in [3.63, 3.8) is 0 Å². The van der Waals surface area contributed by atoms with Gasteiger partial charge >= 0.3 is 0 Å². The molecular weight excluding hydrogens is 266 g/mol. The number of aryl methyl sites for hydroxylation is 1. The summed E-state index contributed by atoms with van der Waals surface area (Å²) in [6.07, 6.45) is -0.659. The molecule has 1 aromatic carbocycles. The maximum absolute atomic E-state index is 12.5. The van der Waals surface area contributed by atoms with Gasteiger partial charge in [0.05, 0.1) is 11.5 Å². The zero-order chi connectivity index (χ0) is 14.0. The zero-order valence-electron chi connectivity index (χ0n) is 10.7. The number of hydrogen-bond donors (Lipinski definition) is 2. The maximum Gasteiger partial charge on any atom is 0.243 e. The van der Waals surface area contributed by atoms with Crippen LogP contribution in [0.5, 0.6) is 0 Å². The molecule has 1 heterocycles. The minimum absolute atomic E-state index is 0.0889. The predicted octanol–water partition coefficient (Wildman–Crippen LogP) is 0.320. The molecule has 1 saturated heterocycles. The molecule has 0 bridgehead atoms.